The number of nitrogens with zero attached hydrogens (tertiary/aromatic N) is 2. The van der Waals surface area contributed by atoms with E-state index in [-0.39, 0.29) is 101 Å². The van der Waals surface area contributed by atoms with Gasteiger partial charge in [-0.2, -0.15) is 0 Å². The van der Waals surface area contributed by atoms with Gasteiger partial charge < -0.3 is 90.4 Å². The van der Waals surface area contributed by atoms with Crippen LogP contribution < -0.4 is 80.4 Å². The van der Waals surface area contributed by atoms with Crippen molar-refractivity contribution in [1.82, 2.24) is 68.4 Å². The zero-order valence-electron chi connectivity index (χ0n) is 59.9. The second kappa shape index (κ2) is 41.9. The number of amides is 11. The standard InChI is InChI=1S/C73H97ClN18O14/c1-41(2)35-55(65(99)87-54(19-11-33-82-73(78)79)71(105)92-34-12-20-60(92)70(104)83-42(3)62(75)96)88-64(98)53(29-30-61(95)47-23-27-50(106-5)28-24-47)86-63(97)52(18-10-32-81-72(76)77)85-69(103)59(40-93)91-67(101)57(37-45-13-9-31-80-39-45)90-66(100)56(36-44-21-25-49(74)26-22-44)89-68(102)58(84-43(4)94)38-48-16-8-15-46-14-6-7-17-51(46)48/h6-9,13-17,21-28,31,39,41-42,52-60,93H,10-12,18-20,29-30,32-38,40H2,1-5H3,(H2,75,96)(H,83,104)(H,84,94)(H,85,103)(H,86,97)(H,87,99)(H,88,98)(H,89,102)(H,90,100)(H,91,101)(H4,76,77,81)(H4,78,79,82). The number of aliphatic hydroxyl groups is 1. The molecule has 11 amide bonds. The number of carbonyl (C=O) groups excluding carboxylic acids is 12. The molecule has 0 radical (unpaired) electrons. The summed E-state index contributed by atoms with van der Waals surface area (Å²) >= 11 is 6.24. The number of nitrogens with two attached hydrogens (primary N) is 3. The smallest absolute Gasteiger partial charge is 0.245 e. The summed E-state index contributed by atoms with van der Waals surface area (Å²) in [6, 6.07) is 14.5. The number of ketones is 1. The van der Waals surface area contributed by atoms with Crippen LogP contribution in [0.4, 0.5) is 0 Å². The lowest BCUT2D eigenvalue weighted by Crippen LogP contribution is -2.61. The number of methoxy groups -OCH3 is 1. The van der Waals surface area contributed by atoms with Crippen LogP contribution in [0.1, 0.15) is 113 Å². The second-order valence-corrected chi connectivity index (χ2v) is 26.6. The third kappa shape index (κ3) is 26.8. The summed E-state index contributed by atoms with van der Waals surface area (Å²) in [5.74, 6) is -10.4. The molecule has 10 atom stereocenters. The molecule has 1 aromatic heterocycles. The van der Waals surface area contributed by atoms with Crippen LogP contribution in [0.2, 0.25) is 5.02 Å². The fraction of sp³-hybridized carbons (Fsp3) is 0.438. The molecule has 4 aromatic carbocycles. The SMILES string of the molecule is COc1ccc(C(=O)CCC(NC(=O)C(CCCNC(=N)N)NC(=O)C(CO)NC(=O)C(Cc2cccnc2)NC(=O)C(Cc2ccc(Cl)cc2)NC(=O)C(Cc2cccc3ccccc23)NC(C)=O)C(=O)NC(CC(C)C)C(=O)NC(CCCNC(=N)N)C(=O)N2CCCC2C(=O)NC(C)C(N)=O)cc1. The van der Waals surface area contributed by atoms with Crippen molar-refractivity contribution in [2.24, 2.45) is 23.1 Å². The first-order valence-corrected chi connectivity index (χ1v) is 35.3. The predicted octanol–water partition coefficient (Wildman–Crippen LogP) is 0.0320. The maximum atomic E-state index is 14.9. The van der Waals surface area contributed by atoms with Gasteiger partial charge in [-0.15, -0.1) is 0 Å². The van der Waals surface area contributed by atoms with E-state index in [9.17, 15) is 62.6 Å². The third-order valence-electron chi connectivity index (χ3n) is 17.5. The van der Waals surface area contributed by atoms with Crippen molar-refractivity contribution in [3.63, 3.8) is 0 Å². The van der Waals surface area contributed by atoms with Crippen LogP contribution in [-0.4, -0.2) is 191 Å². The van der Waals surface area contributed by atoms with Gasteiger partial charge in [0.1, 0.15) is 66.2 Å². The molecule has 0 aliphatic carbocycles. The van der Waals surface area contributed by atoms with Crippen LogP contribution in [0, 0.1) is 16.7 Å². The summed E-state index contributed by atoms with van der Waals surface area (Å²) < 4.78 is 5.26. The average molecular weight is 1490 g/mol. The summed E-state index contributed by atoms with van der Waals surface area (Å²) in [5.41, 5.74) is 18.4. The molecule has 0 saturated carbocycles. The molecule has 5 aromatic rings. The van der Waals surface area contributed by atoms with Crippen molar-refractivity contribution in [2.75, 3.05) is 33.4 Å². The van der Waals surface area contributed by atoms with Crippen molar-refractivity contribution in [3.05, 3.63) is 143 Å². The zero-order valence-corrected chi connectivity index (χ0v) is 60.6. The van der Waals surface area contributed by atoms with Crippen molar-refractivity contribution >= 4 is 105 Å². The highest BCUT2D eigenvalue weighted by atomic mass is 35.5. The minimum Gasteiger partial charge on any atom is -0.497 e. The fourth-order valence-corrected chi connectivity index (χ4v) is 12.0. The van der Waals surface area contributed by atoms with Crippen LogP contribution in [0.3, 0.4) is 0 Å². The van der Waals surface area contributed by atoms with Gasteiger partial charge in [-0.05, 0) is 134 Å². The first-order chi connectivity index (χ1) is 50.5. The Morgan fingerprint density at radius 2 is 1.10 bits per heavy atom. The highest BCUT2D eigenvalue weighted by Crippen LogP contribution is 2.23. The van der Waals surface area contributed by atoms with E-state index in [4.69, 9.17) is 44.4 Å². The van der Waals surface area contributed by atoms with E-state index in [0.717, 1.165) is 16.3 Å². The number of aromatic nitrogens is 1. The number of hydrogen-bond donors (Lipinski definition) is 17. The summed E-state index contributed by atoms with van der Waals surface area (Å²) in [7, 11) is 1.44. The molecule has 32 nitrogen and oxygen atoms in total. The molecule has 1 saturated heterocycles. The van der Waals surface area contributed by atoms with Gasteiger partial charge in [0, 0.05) is 75.2 Å². The average Bonchev–Trinajstić information content (AvgIpc) is 1.09. The summed E-state index contributed by atoms with van der Waals surface area (Å²) in [6.45, 7) is 5.24. The molecule has 2 heterocycles. The minimum atomic E-state index is -1.86. The molecule has 570 valence electrons. The number of pyridine rings is 1. The van der Waals surface area contributed by atoms with Crippen molar-refractivity contribution in [2.45, 2.75) is 165 Å². The van der Waals surface area contributed by atoms with Gasteiger partial charge in [0.2, 0.25) is 65.0 Å². The number of Topliss-reactive ketones (excluding diaryl/α,β-unsaturated/α-hetero) is 1. The Morgan fingerprint density at radius 3 is 1.67 bits per heavy atom. The number of guanidine groups is 2. The number of benzene rings is 4. The first-order valence-electron chi connectivity index (χ1n) is 34.9. The number of aliphatic hydroxyl groups excluding tert-OH is 1. The summed E-state index contributed by atoms with van der Waals surface area (Å²) in [4.78, 5) is 175. The minimum absolute atomic E-state index is 0.0132. The van der Waals surface area contributed by atoms with Gasteiger partial charge in [0.25, 0.3) is 0 Å². The quantitative estimate of drug-likeness (QED) is 0.0106. The van der Waals surface area contributed by atoms with Crippen molar-refractivity contribution in [3.8, 4) is 5.75 Å². The molecule has 0 spiro atoms. The molecule has 106 heavy (non-hydrogen) atoms. The molecular weight excluding hydrogens is 1390 g/mol. The lowest BCUT2D eigenvalue weighted by atomic mass is 9.97. The lowest BCUT2D eigenvalue weighted by molar-refractivity contribution is -0.142. The molecule has 20 N–H and O–H groups in total. The Morgan fingerprint density at radius 1 is 0.585 bits per heavy atom. The van der Waals surface area contributed by atoms with Gasteiger partial charge >= 0.3 is 0 Å². The van der Waals surface area contributed by atoms with E-state index < -0.39 is 150 Å². The Labute approximate surface area is 619 Å². The number of ether oxygens (including phenoxy) is 1. The van der Waals surface area contributed by atoms with E-state index in [2.05, 4.69) is 63.5 Å². The first kappa shape index (κ1) is 83.7. The normalized spacial score (nSPS) is 15.0. The Balaban J connectivity index is 1.28. The molecule has 33 heteroatoms. The maximum Gasteiger partial charge on any atom is 0.245 e. The van der Waals surface area contributed by atoms with Gasteiger partial charge in [-0.3, -0.25) is 73.3 Å². The monoisotopic (exact) mass is 1480 g/mol. The predicted molar refractivity (Wildman–Crippen MR) is 395 cm³/mol. The number of carbonyl (C=O) groups is 12. The van der Waals surface area contributed by atoms with Crippen LogP contribution in [-0.2, 0) is 72.0 Å². The van der Waals surface area contributed by atoms with Crippen molar-refractivity contribution in [1.29, 1.82) is 10.8 Å². The Bertz CT molecular complexity index is 3900. The van der Waals surface area contributed by atoms with E-state index in [1.165, 1.54) is 50.4 Å². The number of fused-ring (bicyclic) bond motifs is 1. The maximum absolute atomic E-state index is 14.9. The van der Waals surface area contributed by atoms with Crippen molar-refractivity contribution < 1.29 is 67.4 Å². The molecule has 1 aliphatic heterocycles. The van der Waals surface area contributed by atoms with E-state index in [0.29, 0.717) is 28.3 Å². The van der Waals surface area contributed by atoms with E-state index in [1.807, 2.05) is 42.5 Å². The van der Waals surface area contributed by atoms with Crippen LogP contribution >= 0.6 is 11.6 Å². The molecule has 1 aliphatic rings. The number of nitrogens with one attached hydrogen (secondary N) is 13. The van der Waals surface area contributed by atoms with Gasteiger partial charge in [-0.1, -0.05) is 86.1 Å². The van der Waals surface area contributed by atoms with Crippen LogP contribution in [0.15, 0.2) is 116 Å². The molecular formula is C73H97ClN18O14. The number of halogens is 1. The van der Waals surface area contributed by atoms with Crippen LogP contribution in [0.5, 0.6) is 5.75 Å². The lowest BCUT2D eigenvalue weighted by Gasteiger charge is -2.31. The Kier molecular flexibility index (Phi) is 33.0. The van der Waals surface area contributed by atoms with E-state index >= 15 is 0 Å². The molecule has 6 rings (SSSR count). The summed E-state index contributed by atoms with van der Waals surface area (Å²) in [5, 5.41) is 57.5. The van der Waals surface area contributed by atoms with E-state index in [1.54, 1.807) is 62.4 Å². The summed E-state index contributed by atoms with van der Waals surface area (Å²) in [6.07, 6.45) is 2.16. The van der Waals surface area contributed by atoms with Gasteiger partial charge in [0.05, 0.1) is 13.7 Å². The van der Waals surface area contributed by atoms with Gasteiger partial charge in [-0.25, -0.2) is 0 Å². The molecule has 1 fully saturated rings. The number of hydrogen-bond acceptors (Lipinski definition) is 17. The molecule has 10 unspecified atom stereocenters. The molecule has 0 bridgehead atoms. The Hall–Kier alpha value is -11.3. The third-order valence-corrected chi connectivity index (χ3v) is 17.7. The number of primary amides is 1. The topological polar surface area (TPSA) is 509 Å². The highest BCUT2D eigenvalue weighted by molar-refractivity contribution is 6.30. The largest absolute Gasteiger partial charge is 0.497 e. The highest BCUT2D eigenvalue weighted by Gasteiger charge is 2.40. The second-order valence-electron chi connectivity index (χ2n) is 26.2. The fourth-order valence-electron chi connectivity index (χ4n) is 11.9. The van der Waals surface area contributed by atoms with Gasteiger partial charge in [0.15, 0.2) is 17.7 Å². The number of rotatable bonds is 41. The van der Waals surface area contributed by atoms with Crippen LogP contribution in [0.25, 0.3) is 10.8 Å². The number of likely N-dealkylation sites (tertiary alicyclic amines) is 1. The zero-order chi connectivity index (χ0) is 77.6.